The fourth-order valence-electron chi connectivity index (χ4n) is 3.59. The van der Waals surface area contributed by atoms with Crippen LogP contribution in [0.2, 0.25) is 0 Å². The number of para-hydroxylation sites is 1. The van der Waals surface area contributed by atoms with E-state index < -0.39 is 0 Å². The van der Waals surface area contributed by atoms with Crippen LogP contribution in [0.15, 0.2) is 59.5 Å². The number of benzene rings is 2. The van der Waals surface area contributed by atoms with Crippen LogP contribution in [0.25, 0.3) is 27.8 Å². The van der Waals surface area contributed by atoms with Crippen LogP contribution in [0.5, 0.6) is 17.2 Å². The first-order chi connectivity index (χ1) is 13.2. The van der Waals surface area contributed by atoms with Crippen LogP contribution in [-0.2, 0) is 6.54 Å². The molecule has 0 N–H and O–H groups in total. The number of ether oxygens (including phenoxy) is 2. The SMILES string of the molecule is CCn1ncc2c(c1=O)Oc1ccc(OC)cc1-c1cc3ccccc3n1-2. The van der Waals surface area contributed by atoms with Gasteiger partial charge in [0, 0.05) is 17.5 Å². The third-order valence-electron chi connectivity index (χ3n) is 4.91. The summed E-state index contributed by atoms with van der Waals surface area (Å²) < 4.78 is 15.0. The molecule has 2 aromatic heterocycles. The summed E-state index contributed by atoms with van der Waals surface area (Å²) in [7, 11) is 1.63. The maximum Gasteiger partial charge on any atom is 0.311 e. The average molecular weight is 359 g/mol. The zero-order chi connectivity index (χ0) is 18.5. The third kappa shape index (κ3) is 2.19. The van der Waals surface area contributed by atoms with Crippen molar-refractivity contribution < 1.29 is 9.47 Å². The lowest BCUT2D eigenvalue weighted by Crippen LogP contribution is -2.24. The predicted molar refractivity (Wildman–Crippen MR) is 103 cm³/mol. The number of aryl methyl sites for hydroxylation is 1. The number of methoxy groups -OCH3 is 1. The second kappa shape index (κ2) is 5.74. The van der Waals surface area contributed by atoms with Gasteiger partial charge in [0.05, 0.1) is 24.5 Å². The fraction of sp³-hybridized carbons (Fsp3) is 0.143. The number of nitrogens with zero attached hydrogens (tertiary/aromatic N) is 3. The van der Waals surface area contributed by atoms with Gasteiger partial charge in [-0.3, -0.25) is 4.79 Å². The van der Waals surface area contributed by atoms with E-state index in [1.54, 1.807) is 13.3 Å². The van der Waals surface area contributed by atoms with Gasteiger partial charge >= 0.3 is 5.56 Å². The molecule has 0 bridgehead atoms. The Morgan fingerprint density at radius 3 is 2.81 bits per heavy atom. The highest BCUT2D eigenvalue weighted by Crippen LogP contribution is 2.44. The zero-order valence-corrected chi connectivity index (χ0v) is 15.0. The van der Waals surface area contributed by atoms with Gasteiger partial charge in [-0.25, -0.2) is 4.68 Å². The second-order valence-corrected chi connectivity index (χ2v) is 6.37. The smallest absolute Gasteiger partial charge is 0.311 e. The van der Waals surface area contributed by atoms with E-state index in [-0.39, 0.29) is 11.3 Å². The van der Waals surface area contributed by atoms with Crippen LogP contribution in [0.3, 0.4) is 0 Å². The van der Waals surface area contributed by atoms with Gasteiger partial charge in [0.15, 0.2) is 0 Å². The summed E-state index contributed by atoms with van der Waals surface area (Å²) in [5.41, 5.74) is 3.17. The number of fused-ring (bicyclic) bond motifs is 7. The van der Waals surface area contributed by atoms with Gasteiger partial charge in [-0.15, -0.1) is 0 Å². The minimum atomic E-state index is -0.248. The van der Waals surface area contributed by atoms with E-state index >= 15 is 0 Å². The van der Waals surface area contributed by atoms with E-state index in [1.165, 1.54) is 4.68 Å². The molecule has 2 aromatic carbocycles. The first-order valence-electron chi connectivity index (χ1n) is 8.78. The van der Waals surface area contributed by atoms with Crippen molar-refractivity contribution in [2.75, 3.05) is 7.11 Å². The number of rotatable bonds is 2. The molecule has 5 rings (SSSR count). The van der Waals surface area contributed by atoms with Crippen LogP contribution < -0.4 is 15.0 Å². The monoisotopic (exact) mass is 359 g/mol. The van der Waals surface area contributed by atoms with Crippen molar-refractivity contribution in [2.24, 2.45) is 0 Å². The second-order valence-electron chi connectivity index (χ2n) is 6.37. The maximum absolute atomic E-state index is 12.9. The summed E-state index contributed by atoms with van der Waals surface area (Å²) in [5.74, 6) is 1.62. The summed E-state index contributed by atoms with van der Waals surface area (Å²) in [6.45, 7) is 2.36. The highest BCUT2D eigenvalue weighted by molar-refractivity contribution is 5.91. The summed E-state index contributed by atoms with van der Waals surface area (Å²) in [5, 5.41) is 5.39. The Morgan fingerprint density at radius 2 is 2.00 bits per heavy atom. The first-order valence-corrected chi connectivity index (χ1v) is 8.78. The van der Waals surface area contributed by atoms with Gasteiger partial charge in [0.25, 0.3) is 0 Å². The standard InChI is InChI=1S/C21H17N3O3/c1-3-23-21(25)20-18(12-22-23)24-16-7-5-4-6-13(16)10-17(24)15-11-14(26-2)8-9-19(15)27-20/h4-12H,3H2,1-2H3. The molecule has 3 heterocycles. The molecule has 0 amide bonds. The van der Waals surface area contributed by atoms with Gasteiger partial charge in [0.2, 0.25) is 5.75 Å². The molecule has 0 fully saturated rings. The van der Waals surface area contributed by atoms with Crippen LogP contribution >= 0.6 is 0 Å². The quantitative estimate of drug-likeness (QED) is 0.478. The van der Waals surface area contributed by atoms with Crippen LogP contribution in [0.1, 0.15) is 6.92 Å². The molecule has 4 aromatic rings. The summed E-state index contributed by atoms with van der Waals surface area (Å²) in [6.07, 6.45) is 1.69. The van der Waals surface area contributed by atoms with Crippen LogP contribution in [0.4, 0.5) is 0 Å². The largest absolute Gasteiger partial charge is 0.497 e. The number of aromatic nitrogens is 3. The topological polar surface area (TPSA) is 58.3 Å². The maximum atomic E-state index is 12.9. The van der Waals surface area contributed by atoms with Gasteiger partial charge in [-0.1, -0.05) is 18.2 Å². The molecule has 0 saturated heterocycles. The molecule has 0 unspecified atom stereocenters. The Hall–Kier alpha value is -3.54. The minimum absolute atomic E-state index is 0.248. The van der Waals surface area contributed by atoms with E-state index in [0.29, 0.717) is 18.0 Å². The van der Waals surface area contributed by atoms with Gasteiger partial charge in [0.1, 0.15) is 17.2 Å². The molecule has 1 aliphatic heterocycles. The van der Waals surface area contributed by atoms with E-state index in [0.717, 1.165) is 27.9 Å². The highest BCUT2D eigenvalue weighted by Gasteiger charge is 2.26. The molecule has 0 saturated carbocycles. The van der Waals surface area contributed by atoms with Crippen molar-refractivity contribution in [3.63, 3.8) is 0 Å². The van der Waals surface area contributed by atoms with Crippen molar-refractivity contribution in [1.82, 2.24) is 14.3 Å². The Morgan fingerprint density at radius 1 is 1.15 bits per heavy atom. The fourth-order valence-corrected chi connectivity index (χ4v) is 3.59. The lowest BCUT2D eigenvalue weighted by molar-refractivity contribution is 0.412. The van der Waals surface area contributed by atoms with Crippen molar-refractivity contribution in [3.05, 3.63) is 65.1 Å². The molecule has 0 aliphatic carbocycles. The highest BCUT2D eigenvalue weighted by atomic mass is 16.5. The molecule has 6 nitrogen and oxygen atoms in total. The van der Waals surface area contributed by atoms with Crippen molar-refractivity contribution >= 4 is 10.9 Å². The molecule has 6 heteroatoms. The lowest BCUT2D eigenvalue weighted by Gasteiger charge is -2.11. The summed E-state index contributed by atoms with van der Waals surface area (Å²) in [6, 6.07) is 15.7. The molecule has 1 aliphatic rings. The zero-order valence-electron chi connectivity index (χ0n) is 15.0. The van der Waals surface area contributed by atoms with Gasteiger partial charge in [-0.2, -0.15) is 5.10 Å². The summed E-state index contributed by atoms with van der Waals surface area (Å²) in [4.78, 5) is 12.9. The minimum Gasteiger partial charge on any atom is -0.497 e. The van der Waals surface area contributed by atoms with Gasteiger partial charge < -0.3 is 14.0 Å². The van der Waals surface area contributed by atoms with Crippen molar-refractivity contribution in [1.29, 1.82) is 0 Å². The Bertz CT molecular complexity index is 1250. The predicted octanol–water partition coefficient (Wildman–Crippen LogP) is 3.99. The van der Waals surface area contributed by atoms with Crippen molar-refractivity contribution in [2.45, 2.75) is 13.5 Å². The Kier molecular flexibility index (Phi) is 3.33. The van der Waals surface area contributed by atoms with Crippen molar-refractivity contribution in [3.8, 4) is 34.2 Å². The average Bonchev–Trinajstić information content (AvgIpc) is 3.02. The van der Waals surface area contributed by atoms with E-state index in [4.69, 9.17) is 9.47 Å². The Labute approximate surface area is 155 Å². The molecule has 134 valence electrons. The van der Waals surface area contributed by atoms with Gasteiger partial charge in [-0.05, 0) is 37.3 Å². The molecule has 0 spiro atoms. The summed E-state index contributed by atoms with van der Waals surface area (Å²) >= 11 is 0. The normalized spacial score (nSPS) is 11.9. The molecule has 0 atom stereocenters. The van der Waals surface area contributed by atoms with Crippen LogP contribution in [0, 0.1) is 0 Å². The number of hydrogen-bond acceptors (Lipinski definition) is 4. The van der Waals surface area contributed by atoms with Crippen LogP contribution in [-0.4, -0.2) is 21.5 Å². The first kappa shape index (κ1) is 15.7. The number of hydrogen-bond donors (Lipinski definition) is 0. The van der Waals surface area contributed by atoms with E-state index in [1.807, 2.05) is 47.9 Å². The lowest BCUT2D eigenvalue weighted by atomic mass is 10.1. The molecule has 0 radical (unpaired) electrons. The van der Waals surface area contributed by atoms with E-state index in [2.05, 4.69) is 17.2 Å². The molecule has 27 heavy (non-hydrogen) atoms. The molecular weight excluding hydrogens is 342 g/mol. The Balaban J connectivity index is 1.95. The molecular formula is C21H17N3O3. The van der Waals surface area contributed by atoms with E-state index in [9.17, 15) is 4.79 Å². The third-order valence-corrected chi connectivity index (χ3v) is 4.91.